The summed E-state index contributed by atoms with van der Waals surface area (Å²) in [6, 6.07) is 22.9. The Morgan fingerprint density at radius 2 is 1.71 bits per heavy atom. The van der Waals surface area contributed by atoms with E-state index in [1.165, 1.54) is 11.8 Å². The number of rotatable bonds is 9. The third-order valence-corrected chi connectivity index (χ3v) is 8.62. The molecule has 0 saturated carbocycles. The highest BCUT2D eigenvalue weighted by molar-refractivity contribution is 7.99. The van der Waals surface area contributed by atoms with Gasteiger partial charge in [-0.25, -0.2) is 13.1 Å². The van der Waals surface area contributed by atoms with Crippen LogP contribution in [0.3, 0.4) is 0 Å². The molecule has 1 aliphatic rings. The van der Waals surface area contributed by atoms with Gasteiger partial charge in [0.25, 0.3) is 10.0 Å². The molecule has 38 heavy (non-hydrogen) atoms. The molecule has 0 bridgehead atoms. The van der Waals surface area contributed by atoms with Crippen LogP contribution in [0.25, 0.3) is 0 Å². The van der Waals surface area contributed by atoms with Crippen molar-refractivity contribution < 1.29 is 23.0 Å². The molecule has 0 amide bonds. The van der Waals surface area contributed by atoms with E-state index >= 15 is 0 Å². The van der Waals surface area contributed by atoms with Gasteiger partial charge < -0.3 is 14.6 Å². The first-order valence-corrected chi connectivity index (χ1v) is 14.4. The van der Waals surface area contributed by atoms with Crippen LogP contribution < -0.4 is 4.72 Å². The van der Waals surface area contributed by atoms with E-state index < -0.39 is 16.3 Å². The second-order valence-electron chi connectivity index (χ2n) is 8.79. The van der Waals surface area contributed by atoms with E-state index in [1.54, 1.807) is 66.3 Å². The summed E-state index contributed by atoms with van der Waals surface area (Å²) in [5.41, 5.74) is 3.01. The number of tetrazole rings is 1. The van der Waals surface area contributed by atoms with Crippen LogP contribution >= 0.6 is 11.8 Å². The Kier molecular flexibility index (Phi) is 8.05. The Labute approximate surface area is 225 Å². The number of anilines is 1. The molecule has 1 fully saturated rings. The van der Waals surface area contributed by atoms with E-state index in [4.69, 9.17) is 9.47 Å². The molecule has 1 aromatic heterocycles. The van der Waals surface area contributed by atoms with Crippen LogP contribution in [0, 0.1) is 0 Å². The van der Waals surface area contributed by atoms with Crippen molar-refractivity contribution in [3.05, 3.63) is 95.6 Å². The zero-order chi connectivity index (χ0) is 26.5. The van der Waals surface area contributed by atoms with Crippen molar-refractivity contribution in [1.29, 1.82) is 0 Å². The monoisotopic (exact) mass is 553 g/mol. The van der Waals surface area contributed by atoms with E-state index in [0.29, 0.717) is 23.0 Å². The summed E-state index contributed by atoms with van der Waals surface area (Å²) in [7, 11) is -1.91. The molecule has 0 unspecified atom stereocenters. The predicted octanol–water partition coefficient (Wildman–Crippen LogP) is 3.84. The Balaban J connectivity index is 1.33. The number of aryl methyl sites for hydroxylation is 1. The van der Waals surface area contributed by atoms with Gasteiger partial charge in [-0.05, 0) is 45.8 Å². The first kappa shape index (κ1) is 26.3. The van der Waals surface area contributed by atoms with Crippen molar-refractivity contribution in [2.75, 3.05) is 10.5 Å². The molecule has 3 atom stereocenters. The molecule has 198 valence electrons. The highest BCUT2D eigenvalue weighted by Crippen LogP contribution is 2.39. The zero-order valence-corrected chi connectivity index (χ0v) is 22.2. The van der Waals surface area contributed by atoms with E-state index in [-0.39, 0.29) is 23.7 Å². The molecular formula is C26H27N5O5S2. The fourth-order valence-electron chi connectivity index (χ4n) is 4.06. The van der Waals surface area contributed by atoms with E-state index in [2.05, 4.69) is 20.2 Å². The summed E-state index contributed by atoms with van der Waals surface area (Å²) in [6.07, 6.45) is -0.424. The van der Waals surface area contributed by atoms with Crippen LogP contribution in [0.2, 0.25) is 0 Å². The Morgan fingerprint density at radius 1 is 1.00 bits per heavy atom. The lowest BCUT2D eigenvalue weighted by Crippen LogP contribution is -2.31. The van der Waals surface area contributed by atoms with Gasteiger partial charge in [-0.3, -0.25) is 4.72 Å². The molecule has 0 radical (unpaired) electrons. The minimum Gasteiger partial charge on any atom is -0.392 e. The molecule has 5 rings (SSSR count). The van der Waals surface area contributed by atoms with E-state index in [9.17, 15) is 13.5 Å². The van der Waals surface area contributed by atoms with Crippen LogP contribution in [0.4, 0.5) is 5.69 Å². The first-order chi connectivity index (χ1) is 18.4. The Hall–Kier alpha value is -3.29. The molecule has 12 heteroatoms. The van der Waals surface area contributed by atoms with Crippen LogP contribution in [0.1, 0.15) is 35.5 Å². The third kappa shape index (κ3) is 6.22. The molecule has 3 aromatic carbocycles. The number of nitrogens with zero attached hydrogens (tertiary/aromatic N) is 4. The third-order valence-electron chi connectivity index (χ3n) is 6.08. The summed E-state index contributed by atoms with van der Waals surface area (Å²) in [4.78, 5) is 0.191. The lowest BCUT2D eigenvalue weighted by atomic mass is 10.0. The molecule has 2 heterocycles. The van der Waals surface area contributed by atoms with Gasteiger partial charge in [0.2, 0.25) is 5.16 Å². The fraction of sp³-hybridized carbons (Fsp3) is 0.269. The topological polar surface area (TPSA) is 128 Å². The highest BCUT2D eigenvalue weighted by Gasteiger charge is 2.32. The summed E-state index contributed by atoms with van der Waals surface area (Å²) < 4.78 is 42.2. The zero-order valence-electron chi connectivity index (χ0n) is 20.5. The Morgan fingerprint density at radius 3 is 2.37 bits per heavy atom. The van der Waals surface area contributed by atoms with Crippen LogP contribution in [0.5, 0.6) is 0 Å². The molecule has 0 spiro atoms. The van der Waals surface area contributed by atoms with Crippen LogP contribution in [-0.2, 0) is 33.2 Å². The van der Waals surface area contributed by atoms with Gasteiger partial charge in [-0.15, -0.1) is 5.10 Å². The van der Waals surface area contributed by atoms with Crippen molar-refractivity contribution in [2.24, 2.45) is 7.05 Å². The second kappa shape index (κ2) is 11.6. The lowest BCUT2D eigenvalue weighted by molar-refractivity contribution is -0.245. The SMILES string of the molecule is Cn1nnnc1SC[C@@H]1C[C@H](c2ccc(CO)cc2)O[C@H](c2ccc(NS(=O)(=O)c3ccccc3)cc2)O1. The molecule has 1 saturated heterocycles. The standard InChI is InChI=1S/C26H27N5O5S2/c1-31-26(27-29-30-31)37-17-22-15-24(19-9-7-18(16-32)8-10-19)36-25(35-22)20-11-13-21(14-12-20)28-38(33,34)23-5-3-2-4-6-23/h2-14,22,24-25,28,32H,15-17H2,1H3/t22-,24+,25+/m0/s1. The molecule has 0 aliphatic carbocycles. The fourth-order valence-corrected chi connectivity index (χ4v) is 6.00. The quantitative estimate of drug-likeness (QED) is 0.297. The van der Waals surface area contributed by atoms with Gasteiger partial charge in [-0.1, -0.05) is 66.4 Å². The number of hydrogen-bond donors (Lipinski definition) is 2. The summed E-state index contributed by atoms with van der Waals surface area (Å²) >= 11 is 1.50. The van der Waals surface area contributed by atoms with Gasteiger partial charge in [0.15, 0.2) is 6.29 Å². The van der Waals surface area contributed by atoms with Gasteiger partial charge in [0.1, 0.15) is 0 Å². The maximum Gasteiger partial charge on any atom is 0.261 e. The minimum atomic E-state index is -3.69. The number of aliphatic hydroxyl groups is 1. The van der Waals surface area contributed by atoms with Crippen LogP contribution in [-0.4, -0.2) is 45.6 Å². The van der Waals surface area contributed by atoms with E-state index in [1.807, 2.05) is 24.3 Å². The average Bonchev–Trinajstić information content (AvgIpc) is 3.37. The van der Waals surface area contributed by atoms with Crippen LogP contribution in [0.15, 0.2) is 88.9 Å². The van der Waals surface area contributed by atoms with Gasteiger partial charge in [0.05, 0.1) is 23.7 Å². The number of aliphatic hydroxyl groups excluding tert-OH is 1. The number of nitrogens with one attached hydrogen (secondary N) is 1. The summed E-state index contributed by atoms with van der Waals surface area (Å²) in [5.74, 6) is 0.619. The molecular weight excluding hydrogens is 526 g/mol. The molecule has 1 aliphatic heterocycles. The van der Waals surface area contributed by atoms with Gasteiger partial charge in [0, 0.05) is 30.5 Å². The largest absolute Gasteiger partial charge is 0.392 e. The number of benzene rings is 3. The number of thioether (sulfide) groups is 1. The van der Waals surface area contributed by atoms with Gasteiger partial charge in [-0.2, -0.15) is 0 Å². The van der Waals surface area contributed by atoms with Crippen molar-refractivity contribution in [3.8, 4) is 0 Å². The van der Waals surface area contributed by atoms with Crippen molar-refractivity contribution in [3.63, 3.8) is 0 Å². The maximum absolute atomic E-state index is 12.7. The summed E-state index contributed by atoms with van der Waals surface area (Å²) in [5, 5.41) is 21.7. The molecule has 10 nitrogen and oxygen atoms in total. The van der Waals surface area contributed by atoms with Crippen molar-refractivity contribution in [2.45, 2.75) is 41.6 Å². The van der Waals surface area contributed by atoms with E-state index in [0.717, 1.165) is 16.7 Å². The molecule has 2 N–H and O–H groups in total. The van der Waals surface area contributed by atoms with Gasteiger partial charge >= 0.3 is 0 Å². The lowest BCUT2D eigenvalue weighted by Gasteiger charge is -2.36. The summed E-state index contributed by atoms with van der Waals surface area (Å²) in [6.45, 7) is -0.0249. The normalized spacial score (nSPS) is 19.8. The highest BCUT2D eigenvalue weighted by atomic mass is 32.2. The number of ether oxygens (including phenoxy) is 2. The Bertz CT molecular complexity index is 1450. The second-order valence-corrected chi connectivity index (χ2v) is 11.5. The minimum absolute atomic E-state index is 0.0249. The number of sulfonamides is 1. The smallest absolute Gasteiger partial charge is 0.261 e. The predicted molar refractivity (Wildman–Crippen MR) is 142 cm³/mol. The number of hydrogen-bond acceptors (Lipinski definition) is 9. The first-order valence-electron chi connectivity index (χ1n) is 11.9. The maximum atomic E-state index is 12.7. The van der Waals surface area contributed by atoms with Crippen molar-refractivity contribution >= 4 is 27.5 Å². The van der Waals surface area contributed by atoms with Crippen molar-refractivity contribution in [1.82, 2.24) is 20.2 Å². The number of aromatic nitrogens is 4. The molecule has 4 aromatic rings. The average molecular weight is 554 g/mol.